The molecule has 0 radical (unpaired) electrons. The average Bonchev–Trinajstić information content (AvgIpc) is 3.05. The lowest BCUT2D eigenvalue weighted by molar-refractivity contribution is -0.137. The predicted octanol–water partition coefficient (Wildman–Crippen LogP) is 6.22. The van der Waals surface area contributed by atoms with E-state index in [1.54, 1.807) is 24.1 Å². The number of rotatable bonds is 6. The molecule has 2 unspecified atom stereocenters. The van der Waals surface area contributed by atoms with Crippen molar-refractivity contribution >= 4 is 25.6 Å². The lowest BCUT2D eigenvalue weighted by Gasteiger charge is -2.39. The van der Waals surface area contributed by atoms with Crippen molar-refractivity contribution in [2.75, 3.05) is 6.61 Å². The maximum atomic E-state index is 13.5. The monoisotopic (exact) mass is 480 g/mol. The zero-order chi connectivity index (χ0) is 25.0. The van der Waals surface area contributed by atoms with Gasteiger partial charge in [0.2, 0.25) is 0 Å². The summed E-state index contributed by atoms with van der Waals surface area (Å²) in [5, 5.41) is 0. The molecule has 34 heavy (non-hydrogen) atoms. The van der Waals surface area contributed by atoms with Crippen LogP contribution in [-0.4, -0.2) is 42.5 Å². The number of hydrogen-bond acceptors (Lipinski definition) is 4. The fourth-order valence-corrected chi connectivity index (χ4v) is 11.4. The molecule has 2 atom stereocenters. The number of hydrogen-bond donors (Lipinski definition) is 0. The Kier molecular flexibility index (Phi) is 8.41. The molecule has 1 fully saturated rings. The highest BCUT2D eigenvalue weighted by Crippen LogP contribution is 2.42. The minimum Gasteiger partial charge on any atom is -0.463 e. The van der Waals surface area contributed by atoms with Gasteiger partial charge in [-0.15, -0.1) is 11.5 Å². The van der Waals surface area contributed by atoms with Crippen LogP contribution < -0.4 is 0 Å². The highest BCUT2D eigenvalue weighted by molar-refractivity contribution is 6.90. The summed E-state index contributed by atoms with van der Waals surface area (Å²) in [6.45, 7) is 16.0. The predicted molar refractivity (Wildman–Crippen MR) is 140 cm³/mol. The summed E-state index contributed by atoms with van der Waals surface area (Å²) in [5.41, 5.74) is 7.28. The smallest absolute Gasteiger partial charge is 0.332 e. The first-order valence-corrected chi connectivity index (χ1v) is 15.1. The third kappa shape index (κ3) is 4.86. The second-order valence-corrected chi connectivity index (χ2v) is 16.1. The van der Waals surface area contributed by atoms with Crippen molar-refractivity contribution in [3.05, 3.63) is 35.7 Å². The average molecular weight is 481 g/mol. The first-order chi connectivity index (χ1) is 16.1. The van der Waals surface area contributed by atoms with Crippen molar-refractivity contribution in [1.29, 1.82) is 0 Å². The Morgan fingerprint density at radius 3 is 2.44 bits per heavy atom. The normalized spacial score (nSPS) is 21.8. The SMILES string of the molecule is CCOC(=O)/C=C1\c2cccnc2C(=O)N1C1CCCCC1C#C[Si](C(C)C)(C(C)C)C(C)C. The number of aromatic nitrogens is 1. The Morgan fingerprint density at radius 1 is 1.18 bits per heavy atom. The van der Waals surface area contributed by atoms with Gasteiger partial charge in [0.15, 0.2) is 0 Å². The van der Waals surface area contributed by atoms with E-state index in [0.717, 1.165) is 25.7 Å². The van der Waals surface area contributed by atoms with Gasteiger partial charge in [0.1, 0.15) is 13.8 Å². The molecule has 1 aliphatic heterocycles. The van der Waals surface area contributed by atoms with Crippen molar-refractivity contribution in [3.63, 3.8) is 0 Å². The highest BCUT2D eigenvalue weighted by Gasteiger charge is 2.44. The highest BCUT2D eigenvalue weighted by atomic mass is 28.3. The van der Waals surface area contributed by atoms with Crippen LogP contribution in [-0.2, 0) is 9.53 Å². The molecular formula is C28H40N2O3Si. The van der Waals surface area contributed by atoms with E-state index in [-0.39, 0.29) is 17.9 Å². The minimum atomic E-state index is -1.88. The molecule has 184 valence electrons. The van der Waals surface area contributed by atoms with E-state index in [4.69, 9.17) is 4.74 Å². The second kappa shape index (κ2) is 10.9. The Labute approximate surface area is 206 Å². The van der Waals surface area contributed by atoms with Crippen LogP contribution in [0.25, 0.3) is 5.70 Å². The van der Waals surface area contributed by atoms with Crippen LogP contribution >= 0.6 is 0 Å². The number of carbonyl (C=O) groups excluding carboxylic acids is 2. The fraction of sp³-hybridized carbons (Fsp3) is 0.607. The summed E-state index contributed by atoms with van der Waals surface area (Å²) in [5.74, 6) is 3.25. The Bertz CT molecular complexity index is 981. The van der Waals surface area contributed by atoms with Crippen LogP contribution in [0.4, 0.5) is 0 Å². The van der Waals surface area contributed by atoms with E-state index in [1.165, 1.54) is 6.08 Å². The molecule has 0 aromatic carbocycles. The van der Waals surface area contributed by atoms with Gasteiger partial charge in [-0.1, -0.05) is 54.4 Å². The number of pyridine rings is 1. The van der Waals surface area contributed by atoms with Gasteiger partial charge in [-0.2, -0.15) is 0 Å². The van der Waals surface area contributed by atoms with E-state index in [2.05, 4.69) is 58.0 Å². The summed E-state index contributed by atoms with van der Waals surface area (Å²) in [7, 11) is -1.88. The van der Waals surface area contributed by atoms with Gasteiger partial charge in [-0.05, 0) is 48.5 Å². The minimum absolute atomic E-state index is 0.0678. The standard InChI is InChI=1S/C28H40N2O3Si/c1-8-33-26(31)18-25-23-13-11-16-29-27(23)28(32)30(25)24-14-10-9-12-22(24)15-17-34(19(2)3,20(4)5)21(6)7/h11,13,16,18-22,24H,8-10,12,14H2,1-7H3/b25-18+. The Morgan fingerprint density at radius 2 is 1.82 bits per heavy atom. The largest absolute Gasteiger partial charge is 0.463 e. The van der Waals surface area contributed by atoms with Crippen LogP contribution in [0, 0.1) is 17.4 Å². The van der Waals surface area contributed by atoms with Crippen LogP contribution in [0.15, 0.2) is 24.4 Å². The summed E-state index contributed by atoms with van der Waals surface area (Å²) in [6.07, 6.45) is 7.09. The number of amides is 1. The molecule has 3 rings (SSSR count). The van der Waals surface area contributed by atoms with Crippen molar-refractivity contribution in [2.45, 2.75) is 96.8 Å². The number of ether oxygens (including phenoxy) is 1. The van der Waals surface area contributed by atoms with Crippen LogP contribution in [0.5, 0.6) is 0 Å². The van der Waals surface area contributed by atoms with E-state index >= 15 is 0 Å². The van der Waals surface area contributed by atoms with Gasteiger partial charge in [0, 0.05) is 23.8 Å². The molecule has 1 aromatic heterocycles. The topological polar surface area (TPSA) is 59.5 Å². The number of fused-ring (bicyclic) bond motifs is 1. The molecule has 0 bridgehead atoms. The van der Waals surface area contributed by atoms with E-state index < -0.39 is 14.0 Å². The molecule has 0 saturated heterocycles. The van der Waals surface area contributed by atoms with Crippen molar-refractivity contribution in [1.82, 2.24) is 9.88 Å². The first kappa shape index (κ1) is 26.2. The van der Waals surface area contributed by atoms with Crippen LogP contribution in [0.2, 0.25) is 16.6 Å². The van der Waals surface area contributed by atoms with Crippen molar-refractivity contribution in [2.24, 2.45) is 5.92 Å². The molecule has 0 spiro atoms. The summed E-state index contributed by atoms with van der Waals surface area (Å²) >= 11 is 0. The fourth-order valence-electron chi connectivity index (χ4n) is 6.15. The molecule has 1 aliphatic carbocycles. The molecular weight excluding hydrogens is 440 g/mol. The maximum Gasteiger partial charge on any atom is 0.332 e. The number of esters is 1. The molecule has 2 aliphatic rings. The van der Waals surface area contributed by atoms with Gasteiger partial charge in [0.25, 0.3) is 5.91 Å². The van der Waals surface area contributed by atoms with E-state index in [1.807, 2.05) is 6.07 Å². The van der Waals surface area contributed by atoms with E-state index in [0.29, 0.717) is 40.2 Å². The zero-order valence-electron chi connectivity index (χ0n) is 21.9. The molecule has 1 saturated carbocycles. The molecule has 1 aromatic rings. The maximum absolute atomic E-state index is 13.5. The lowest BCUT2D eigenvalue weighted by atomic mass is 9.84. The summed E-state index contributed by atoms with van der Waals surface area (Å²) < 4.78 is 5.19. The molecule has 2 heterocycles. The zero-order valence-corrected chi connectivity index (χ0v) is 22.9. The van der Waals surface area contributed by atoms with Gasteiger partial charge < -0.3 is 9.64 Å². The molecule has 5 nitrogen and oxygen atoms in total. The Balaban J connectivity index is 2.06. The van der Waals surface area contributed by atoms with Gasteiger partial charge in [-0.25, -0.2) is 4.79 Å². The van der Waals surface area contributed by atoms with Gasteiger partial charge in [0.05, 0.1) is 18.3 Å². The first-order valence-electron chi connectivity index (χ1n) is 12.8. The van der Waals surface area contributed by atoms with Gasteiger partial charge >= 0.3 is 5.97 Å². The van der Waals surface area contributed by atoms with Crippen LogP contribution in [0.3, 0.4) is 0 Å². The second-order valence-electron chi connectivity index (χ2n) is 10.5. The summed E-state index contributed by atoms with van der Waals surface area (Å²) in [6, 6.07) is 3.60. The third-order valence-corrected chi connectivity index (χ3v) is 14.0. The molecule has 6 heteroatoms. The number of carbonyl (C=O) groups is 2. The van der Waals surface area contributed by atoms with E-state index in [9.17, 15) is 9.59 Å². The lowest BCUT2D eigenvalue weighted by Crippen LogP contribution is -2.45. The molecule has 0 N–H and O–H groups in total. The Hall–Kier alpha value is -2.39. The quantitative estimate of drug-likeness (QED) is 0.210. The summed E-state index contributed by atoms with van der Waals surface area (Å²) in [4.78, 5) is 32.1. The van der Waals surface area contributed by atoms with Crippen molar-refractivity contribution in [3.8, 4) is 11.5 Å². The third-order valence-electron chi connectivity index (χ3n) is 7.71. The van der Waals surface area contributed by atoms with Crippen LogP contribution in [0.1, 0.15) is 90.2 Å². The van der Waals surface area contributed by atoms with Gasteiger partial charge in [-0.3, -0.25) is 9.78 Å². The molecule has 1 amide bonds. The van der Waals surface area contributed by atoms with Crippen molar-refractivity contribution < 1.29 is 14.3 Å². The number of nitrogens with zero attached hydrogens (tertiary/aromatic N) is 2.